The lowest BCUT2D eigenvalue weighted by molar-refractivity contribution is 0.0216. The van der Waals surface area contributed by atoms with E-state index in [2.05, 4.69) is 69.3 Å². The number of nitrogens with zero attached hydrogens (tertiary/aromatic N) is 1. The number of amides is 1. The zero-order chi connectivity index (χ0) is 23.6. The van der Waals surface area contributed by atoms with Gasteiger partial charge in [0.1, 0.15) is 5.60 Å². The van der Waals surface area contributed by atoms with Gasteiger partial charge in [-0.2, -0.15) is 0 Å². The van der Waals surface area contributed by atoms with Crippen LogP contribution in [0.2, 0.25) is 5.04 Å². The van der Waals surface area contributed by atoms with Crippen LogP contribution in [0.3, 0.4) is 0 Å². The first-order chi connectivity index (χ1) is 15.0. The third-order valence-corrected chi connectivity index (χ3v) is 11.1. The largest absolute Gasteiger partial charge is 0.444 e. The third-order valence-electron chi connectivity index (χ3n) is 6.04. The van der Waals surface area contributed by atoms with Crippen LogP contribution in [0.15, 0.2) is 60.7 Å². The van der Waals surface area contributed by atoms with Gasteiger partial charge >= 0.3 is 6.09 Å². The summed E-state index contributed by atoms with van der Waals surface area (Å²) >= 11 is 0. The Balaban J connectivity index is 2.00. The molecule has 0 bridgehead atoms. The second-order valence-electron chi connectivity index (χ2n) is 10.7. The summed E-state index contributed by atoms with van der Waals surface area (Å²) in [4.78, 5) is 14.6. The van der Waals surface area contributed by atoms with Crippen LogP contribution in [0.1, 0.15) is 48.0 Å². The standard InChI is InChI=1S/C26H38N2O3Si/c1-25(2,3)30-24(29)28-19-21(17-20(28)18-27)31-32(26(4,5)6,22-13-9-7-10-14-22)23-15-11-8-12-16-23/h7-16,20-21H,17-19,27H2,1-6H3/t20-,21+/m0/s1. The average molecular weight is 455 g/mol. The molecule has 2 aromatic rings. The molecule has 1 heterocycles. The van der Waals surface area contributed by atoms with Crippen molar-refractivity contribution in [1.82, 2.24) is 4.90 Å². The zero-order valence-corrected chi connectivity index (χ0v) is 21.3. The van der Waals surface area contributed by atoms with E-state index in [0.717, 1.165) is 0 Å². The van der Waals surface area contributed by atoms with E-state index in [4.69, 9.17) is 14.9 Å². The number of carbonyl (C=O) groups excluding carboxylic acids is 1. The molecule has 0 spiro atoms. The molecule has 0 aliphatic carbocycles. The first-order valence-corrected chi connectivity index (χ1v) is 13.4. The molecule has 32 heavy (non-hydrogen) atoms. The Bertz CT molecular complexity index is 851. The summed E-state index contributed by atoms with van der Waals surface area (Å²) in [5, 5.41) is 2.35. The van der Waals surface area contributed by atoms with E-state index in [1.54, 1.807) is 4.90 Å². The fourth-order valence-corrected chi connectivity index (χ4v) is 9.35. The van der Waals surface area contributed by atoms with Crippen molar-refractivity contribution >= 4 is 24.8 Å². The number of likely N-dealkylation sites (tertiary alicyclic amines) is 1. The summed E-state index contributed by atoms with van der Waals surface area (Å²) < 4.78 is 12.9. The van der Waals surface area contributed by atoms with Crippen molar-refractivity contribution in [1.29, 1.82) is 0 Å². The first kappa shape index (κ1) is 24.5. The van der Waals surface area contributed by atoms with Crippen LogP contribution in [-0.4, -0.2) is 50.1 Å². The molecular weight excluding hydrogens is 416 g/mol. The molecule has 174 valence electrons. The Morgan fingerprint density at radius 1 is 0.969 bits per heavy atom. The number of rotatable bonds is 5. The molecule has 2 atom stereocenters. The van der Waals surface area contributed by atoms with Crippen molar-refractivity contribution in [3.8, 4) is 0 Å². The molecule has 1 saturated heterocycles. The van der Waals surface area contributed by atoms with E-state index < -0.39 is 13.9 Å². The van der Waals surface area contributed by atoms with Crippen molar-refractivity contribution in [2.45, 2.75) is 70.7 Å². The Morgan fingerprint density at radius 2 is 1.47 bits per heavy atom. The van der Waals surface area contributed by atoms with Crippen LogP contribution in [0.25, 0.3) is 0 Å². The highest BCUT2D eigenvalue weighted by Crippen LogP contribution is 2.39. The van der Waals surface area contributed by atoms with Gasteiger partial charge < -0.3 is 19.8 Å². The SMILES string of the molecule is CC(C)(C)OC(=O)N1C[C@H](O[Si](c2ccccc2)(c2ccccc2)C(C)(C)C)C[C@H]1CN. The molecule has 0 aromatic heterocycles. The van der Waals surface area contributed by atoms with Gasteiger partial charge in [0.15, 0.2) is 0 Å². The van der Waals surface area contributed by atoms with E-state index in [0.29, 0.717) is 19.5 Å². The third kappa shape index (κ3) is 5.08. The van der Waals surface area contributed by atoms with Gasteiger partial charge in [-0.15, -0.1) is 0 Å². The molecule has 1 aliphatic rings. The Hall–Kier alpha value is -2.15. The Labute approximate surface area is 194 Å². The molecule has 0 unspecified atom stereocenters. The molecule has 1 fully saturated rings. The van der Waals surface area contributed by atoms with Crippen LogP contribution in [-0.2, 0) is 9.16 Å². The average Bonchev–Trinajstić information content (AvgIpc) is 3.14. The molecule has 3 rings (SSSR count). The van der Waals surface area contributed by atoms with Gasteiger partial charge in [0, 0.05) is 19.1 Å². The minimum Gasteiger partial charge on any atom is -0.444 e. The van der Waals surface area contributed by atoms with Crippen LogP contribution in [0.4, 0.5) is 4.79 Å². The maximum absolute atomic E-state index is 12.9. The Kier molecular flexibility index (Phi) is 7.17. The molecule has 2 N–H and O–H groups in total. The van der Waals surface area contributed by atoms with E-state index in [-0.39, 0.29) is 23.3 Å². The summed E-state index contributed by atoms with van der Waals surface area (Å²) in [6.07, 6.45) is 0.282. The fraction of sp³-hybridized carbons (Fsp3) is 0.500. The lowest BCUT2D eigenvalue weighted by Crippen LogP contribution is -2.67. The Morgan fingerprint density at radius 3 is 1.88 bits per heavy atom. The van der Waals surface area contributed by atoms with Gasteiger partial charge in [0.2, 0.25) is 0 Å². The topological polar surface area (TPSA) is 64.8 Å². The highest BCUT2D eigenvalue weighted by molar-refractivity contribution is 6.99. The van der Waals surface area contributed by atoms with Gasteiger partial charge in [-0.05, 0) is 42.6 Å². The van der Waals surface area contributed by atoms with Gasteiger partial charge in [-0.1, -0.05) is 81.4 Å². The summed E-state index contributed by atoms with van der Waals surface area (Å²) in [5.41, 5.74) is 5.52. The molecule has 1 amide bonds. The molecule has 6 heteroatoms. The summed E-state index contributed by atoms with van der Waals surface area (Å²) in [5.74, 6) is 0. The van der Waals surface area contributed by atoms with Gasteiger partial charge in [0.05, 0.1) is 6.10 Å². The van der Waals surface area contributed by atoms with Gasteiger partial charge in [-0.3, -0.25) is 0 Å². The predicted molar refractivity (Wildman–Crippen MR) is 133 cm³/mol. The summed E-state index contributed by atoms with van der Waals surface area (Å²) in [6, 6.07) is 21.1. The monoisotopic (exact) mass is 454 g/mol. The maximum atomic E-state index is 12.9. The van der Waals surface area contributed by atoms with Crippen LogP contribution in [0.5, 0.6) is 0 Å². The highest BCUT2D eigenvalue weighted by atomic mass is 28.4. The van der Waals surface area contributed by atoms with Crippen molar-refractivity contribution < 1.29 is 14.0 Å². The van der Waals surface area contributed by atoms with Crippen LogP contribution < -0.4 is 16.1 Å². The highest BCUT2D eigenvalue weighted by Gasteiger charge is 2.53. The van der Waals surface area contributed by atoms with Crippen molar-refractivity contribution in [3.63, 3.8) is 0 Å². The lowest BCUT2D eigenvalue weighted by Gasteiger charge is -2.44. The summed E-state index contributed by atoms with van der Waals surface area (Å²) in [7, 11) is -2.69. The van der Waals surface area contributed by atoms with Crippen LogP contribution in [0, 0.1) is 0 Å². The second kappa shape index (κ2) is 9.38. The number of hydrogen-bond donors (Lipinski definition) is 1. The first-order valence-electron chi connectivity index (χ1n) is 11.5. The maximum Gasteiger partial charge on any atom is 0.410 e. The smallest absolute Gasteiger partial charge is 0.410 e. The van der Waals surface area contributed by atoms with Crippen molar-refractivity contribution in [2.24, 2.45) is 5.73 Å². The van der Waals surface area contributed by atoms with E-state index >= 15 is 0 Å². The van der Waals surface area contributed by atoms with Crippen LogP contribution >= 0.6 is 0 Å². The van der Waals surface area contributed by atoms with Crippen molar-refractivity contribution in [2.75, 3.05) is 13.1 Å². The lowest BCUT2D eigenvalue weighted by atomic mass is 10.2. The predicted octanol–water partition coefficient (Wildman–Crippen LogP) is 3.90. The zero-order valence-electron chi connectivity index (χ0n) is 20.3. The molecule has 0 radical (unpaired) electrons. The molecule has 0 saturated carbocycles. The van der Waals surface area contributed by atoms with E-state index in [1.807, 2.05) is 32.9 Å². The van der Waals surface area contributed by atoms with Gasteiger partial charge in [-0.25, -0.2) is 4.79 Å². The van der Waals surface area contributed by atoms with E-state index in [9.17, 15) is 4.79 Å². The minimum atomic E-state index is -2.69. The van der Waals surface area contributed by atoms with Crippen molar-refractivity contribution in [3.05, 3.63) is 60.7 Å². The minimum absolute atomic E-state index is 0.0898. The number of ether oxygens (including phenoxy) is 1. The fourth-order valence-electron chi connectivity index (χ4n) is 4.67. The molecular formula is C26H38N2O3Si. The molecule has 5 nitrogen and oxygen atoms in total. The molecule has 1 aliphatic heterocycles. The number of benzene rings is 2. The summed E-state index contributed by atoms with van der Waals surface area (Å²) in [6.45, 7) is 13.3. The quantitative estimate of drug-likeness (QED) is 0.696. The number of nitrogens with two attached hydrogens (primary N) is 1. The van der Waals surface area contributed by atoms with Gasteiger partial charge in [0.25, 0.3) is 8.32 Å². The van der Waals surface area contributed by atoms with E-state index in [1.165, 1.54) is 10.4 Å². The molecule has 2 aromatic carbocycles. The number of hydrogen-bond acceptors (Lipinski definition) is 4. The second-order valence-corrected chi connectivity index (χ2v) is 14.9. The number of carbonyl (C=O) groups is 1. The normalized spacial score (nSPS) is 19.8.